The molecule has 0 saturated carbocycles. The average Bonchev–Trinajstić information content (AvgIpc) is 3.66. The second kappa shape index (κ2) is 8.07. The van der Waals surface area contributed by atoms with Crippen LogP contribution in [0.3, 0.4) is 0 Å². The van der Waals surface area contributed by atoms with Gasteiger partial charge in [0.25, 0.3) is 11.6 Å². The lowest BCUT2D eigenvalue weighted by molar-refractivity contribution is -0.384. The highest BCUT2D eigenvalue weighted by Gasteiger charge is 2.81. The third-order valence-electron chi connectivity index (χ3n) is 9.19. The third-order valence-corrected chi connectivity index (χ3v) is 9.19. The first-order valence-corrected chi connectivity index (χ1v) is 13.3. The summed E-state index contributed by atoms with van der Waals surface area (Å²) in [6.45, 7) is 2.58. The Morgan fingerprint density at radius 2 is 1.77 bits per heavy atom. The topological polar surface area (TPSA) is 122 Å². The van der Waals surface area contributed by atoms with Crippen molar-refractivity contribution >= 4 is 34.7 Å². The Balaban J connectivity index is 1.57. The molecule has 0 radical (unpaired) electrons. The van der Waals surface area contributed by atoms with Crippen LogP contribution in [0.2, 0.25) is 0 Å². The third kappa shape index (κ3) is 2.75. The summed E-state index contributed by atoms with van der Waals surface area (Å²) >= 11 is 0. The monoisotopic (exact) mass is 522 g/mol. The minimum Gasteiger partial charge on any atom is -0.325 e. The average molecular weight is 523 g/mol. The maximum absolute atomic E-state index is 14.6. The van der Waals surface area contributed by atoms with Crippen LogP contribution in [0, 0.1) is 16.0 Å². The lowest BCUT2D eigenvalue weighted by Crippen LogP contribution is -2.62. The summed E-state index contributed by atoms with van der Waals surface area (Å²) in [5.74, 6) is -2.02. The second-order valence-electron chi connectivity index (χ2n) is 10.8. The molecular weight excluding hydrogens is 496 g/mol. The molecule has 9 nitrogen and oxygen atoms in total. The van der Waals surface area contributed by atoms with E-state index in [-0.39, 0.29) is 22.9 Å². The van der Waals surface area contributed by atoms with Crippen LogP contribution < -0.4 is 10.6 Å². The van der Waals surface area contributed by atoms with Crippen molar-refractivity contribution < 1.29 is 19.3 Å². The summed E-state index contributed by atoms with van der Waals surface area (Å²) in [5, 5.41) is 17.6. The first-order valence-electron chi connectivity index (χ1n) is 13.3. The number of anilines is 2. The first-order chi connectivity index (χ1) is 18.8. The molecule has 39 heavy (non-hydrogen) atoms. The van der Waals surface area contributed by atoms with E-state index in [9.17, 15) is 24.5 Å². The van der Waals surface area contributed by atoms with Gasteiger partial charge in [-0.2, -0.15) is 0 Å². The molecule has 0 aromatic heterocycles. The fourth-order valence-electron chi connectivity index (χ4n) is 7.80. The number of nitrogens with one attached hydrogen (secondary N) is 2. The minimum atomic E-state index is -1.57. The number of ketones is 1. The number of hydrogen-bond donors (Lipinski definition) is 2. The molecular formula is C30H26N4O5. The normalized spacial score (nSPS) is 28.3. The fraction of sp³-hybridized carbons (Fsp3) is 0.300. The van der Waals surface area contributed by atoms with Crippen molar-refractivity contribution in [1.29, 1.82) is 0 Å². The van der Waals surface area contributed by atoms with Gasteiger partial charge in [-0.3, -0.25) is 29.4 Å². The van der Waals surface area contributed by atoms with E-state index in [4.69, 9.17) is 0 Å². The van der Waals surface area contributed by atoms with Crippen molar-refractivity contribution in [1.82, 2.24) is 4.90 Å². The molecule has 3 aromatic carbocycles. The van der Waals surface area contributed by atoms with E-state index in [1.54, 1.807) is 12.1 Å². The standard InChI is InChI=1S/C30H26N4O5/c1-2-17-12-13-23-21(15-17)30(28(37)32-23)29(20-9-3-4-10-22(20)31-27(29)36)25(24-11-6-14-33(24)30)26(35)18-7-5-8-19(16-18)34(38)39/h3-5,7-10,12-13,15-16,24-25H,2,6,11,14H2,1H3,(H,31,36)(H,32,37)/t24-,25+,29+,30-/m1/s1. The van der Waals surface area contributed by atoms with Crippen LogP contribution in [0.5, 0.6) is 0 Å². The number of rotatable bonds is 4. The van der Waals surface area contributed by atoms with Crippen molar-refractivity contribution in [2.45, 2.75) is 43.2 Å². The van der Waals surface area contributed by atoms with Crippen molar-refractivity contribution in [3.05, 3.63) is 99.1 Å². The predicted octanol–water partition coefficient (Wildman–Crippen LogP) is 4.17. The van der Waals surface area contributed by atoms with Gasteiger partial charge in [0.2, 0.25) is 5.91 Å². The number of nitro benzene ring substituents is 1. The van der Waals surface area contributed by atoms with Crippen molar-refractivity contribution in [2.24, 2.45) is 5.92 Å². The zero-order valence-corrected chi connectivity index (χ0v) is 21.3. The van der Waals surface area contributed by atoms with E-state index in [1.807, 2.05) is 43.3 Å². The van der Waals surface area contributed by atoms with E-state index in [0.717, 1.165) is 18.4 Å². The first kappa shape index (κ1) is 23.7. The number of nitrogens with zero attached hydrogens (tertiary/aromatic N) is 2. The Kier molecular flexibility index (Phi) is 4.91. The smallest absolute Gasteiger partial charge is 0.270 e. The summed E-state index contributed by atoms with van der Waals surface area (Å²) < 4.78 is 0. The molecule has 7 rings (SSSR count). The van der Waals surface area contributed by atoms with Gasteiger partial charge in [-0.25, -0.2) is 0 Å². The van der Waals surface area contributed by atoms with Gasteiger partial charge in [-0.15, -0.1) is 0 Å². The molecule has 2 saturated heterocycles. The molecule has 196 valence electrons. The highest BCUT2D eigenvalue weighted by molar-refractivity contribution is 6.21. The lowest BCUT2D eigenvalue weighted by atomic mass is 9.57. The molecule has 9 heteroatoms. The Hall–Kier alpha value is -4.37. The number of aryl methyl sites for hydroxylation is 1. The second-order valence-corrected chi connectivity index (χ2v) is 10.8. The molecule has 4 atom stereocenters. The van der Waals surface area contributed by atoms with Gasteiger partial charge in [0.05, 0.1) is 10.8 Å². The van der Waals surface area contributed by atoms with Crippen LogP contribution in [0.4, 0.5) is 17.1 Å². The number of non-ortho nitro benzene ring substituents is 1. The molecule has 2 fully saturated rings. The zero-order chi connectivity index (χ0) is 27.1. The van der Waals surface area contributed by atoms with E-state index in [1.165, 1.54) is 18.2 Å². The van der Waals surface area contributed by atoms with Gasteiger partial charge in [0.15, 0.2) is 5.78 Å². The SMILES string of the molecule is CCc1ccc2c(c1)[C@]1(C(=O)N2)N2CCC[C@@H]2[C@@H](C(=O)c2cccc([N+](=O)[O-])c2)[C@@]12C(=O)Nc1ccccc12. The maximum Gasteiger partial charge on any atom is 0.270 e. The predicted molar refractivity (Wildman–Crippen MR) is 144 cm³/mol. The lowest BCUT2D eigenvalue weighted by Gasteiger charge is -2.43. The number of carbonyl (C=O) groups excluding carboxylic acids is 3. The van der Waals surface area contributed by atoms with Crippen LogP contribution in [0.1, 0.15) is 46.8 Å². The van der Waals surface area contributed by atoms with E-state index >= 15 is 0 Å². The summed E-state index contributed by atoms with van der Waals surface area (Å²) in [6, 6.07) is 18.4. The molecule has 0 bridgehead atoms. The van der Waals surface area contributed by atoms with Crippen LogP contribution in [-0.4, -0.2) is 40.0 Å². The van der Waals surface area contributed by atoms with Gasteiger partial charge in [0, 0.05) is 40.7 Å². The van der Waals surface area contributed by atoms with Crippen LogP contribution in [-0.2, 0) is 27.0 Å². The Bertz CT molecular complexity index is 1620. The van der Waals surface area contributed by atoms with Crippen molar-refractivity contribution in [2.75, 3.05) is 17.2 Å². The number of nitro groups is 1. The molecule has 0 unspecified atom stereocenters. The van der Waals surface area contributed by atoms with Gasteiger partial charge in [-0.05, 0) is 49.1 Å². The fourth-order valence-corrected chi connectivity index (χ4v) is 7.80. The van der Waals surface area contributed by atoms with E-state index < -0.39 is 33.7 Å². The maximum atomic E-state index is 14.6. The van der Waals surface area contributed by atoms with Gasteiger partial charge < -0.3 is 10.6 Å². The molecule has 4 aliphatic heterocycles. The highest BCUT2D eigenvalue weighted by Crippen LogP contribution is 2.67. The van der Waals surface area contributed by atoms with Crippen LogP contribution >= 0.6 is 0 Å². The Labute approximate surface area is 224 Å². The number of para-hydroxylation sites is 1. The Morgan fingerprint density at radius 1 is 1.00 bits per heavy atom. The number of fused-ring (bicyclic) bond motifs is 7. The van der Waals surface area contributed by atoms with E-state index in [0.29, 0.717) is 35.5 Å². The Morgan fingerprint density at radius 3 is 2.56 bits per heavy atom. The molecule has 4 heterocycles. The highest BCUT2D eigenvalue weighted by atomic mass is 16.6. The summed E-state index contributed by atoms with van der Waals surface area (Å²) in [6.07, 6.45) is 2.13. The molecule has 0 aliphatic carbocycles. The summed E-state index contributed by atoms with van der Waals surface area (Å²) in [5.41, 5.74) is 0.503. The van der Waals surface area contributed by atoms with E-state index in [2.05, 4.69) is 15.5 Å². The zero-order valence-electron chi connectivity index (χ0n) is 21.3. The van der Waals surface area contributed by atoms with Crippen LogP contribution in [0.15, 0.2) is 66.7 Å². The number of carbonyl (C=O) groups is 3. The molecule has 2 N–H and O–H groups in total. The quantitative estimate of drug-likeness (QED) is 0.301. The molecule has 4 aliphatic rings. The molecule has 3 aromatic rings. The van der Waals surface area contributed by atoms with Crippen molar-refractivity contribution in [3.8, 4) is 0 Å². The number of hydrogen-bond acceptors (Lipinski definition) is 6. The van der Waals surface area contributed by atoms with Gasteiger partial charge >= 0.3 is 0 Å². The van der Waals surface area contributed by atoms with Gasteiger partial charge in [-0.1, -0.05) is 49.4 Å². The largest absolute Gasteiger partial charge is 0.325 e. The molecule has 2 spiro atoms. The summed E-state index contributed by atoms with van der Waals surface area (Å²) in [7, 11) is 0. The number of Topliss-reactive ketones (excluding diaryl/α,β-unsaturated/α-hetero) is 1. The number of amides is 2. The number of benzene rings is 3. The van der Waals surface area contributed by atoms with Gasteiger partial charge in [0.1, 0.15) is 11.0 Å². The molecule has 2 amide bonds. The minimum absolute atomic E-state index is 0.163. The van der Waals surface area contributed by atoms with Crippen molar-refractivity contribution in [3.63, 3.8) is 0 Å². The van der Waals surface area contributed by atoms with Crippen LogP contribution in [0.25, 0.3) is 0 Å². The summed E-state index contributed by atoms with van der Waals surface area (Å²) in [4.78, 5) is 56.6.